The van der Waals surface area contributed by atoms with Crippen LogP contribution in [0.25, 0.3) is 108 Å². The van der Waals surface area contributed by atoms with Crippen LogP contribution in [-0.2, 0) is 0 Å². The van der Waals surface area contributed by atoms with Gasteiger partial charge in [-0.2, -0.15) is 0 Å². The van der Waals surface area contributed by atoms with Gasteiger partial charge in [-0.05, 0) is 90.6 Å². The molecule has 0 bridgehead atoms. The van der Waals surface area contributed by atoms with Gasteiger partial charge in [-0.3, -0.25) is 0 Å². The summed E-state index contributed by atoms with van der Waals surface area (Å²) < 4.78 is 7.65. The summed E-state index contributed by atoms with van der Waals surface area (Å²) in [5, 5.41) is 11.0. The lowest BCUT2D eigenvalue weighted by atomic mass is 9.94. The van der Waals surface area contributed by atoms with Gasteiger partial charge in [0, 0.05) is 21.7 Å². The van der Waals surface area contributed by atoms with Gasteiger partial charge in [-0.25, -0.2) is 4.98 Å². The molecule has 2 heterocycles. The van der Waals surface area contributed by atoms with Crippen LogP contribution in [0.15, 0.2) is 144 Å². The fourth-order valence-electron chi connectivity index (χ4n) is 7.72. The fourth-order valence-corrected chi connectivity index (χ4v) is 8.86. The number of aromatic nitrogens is 1. The van der Waals surface area contributed by atoms with Crippen molar-refractivity contribution in [3.63, 3.8) is 0 Å². The van der Waals surface area contributed by atoms with Crippen LogP contribution in [-0.4, -0.2) is 4.98 Å². The molecule has 46 heavy (non-hydrogen) atoms. The van der Waals surface area contributed by atoms with Gasteiger partial charge in [0.2, 0.25) is 0 Å². The molecule has 11 rings (SSSR count). The number of nitrogens with zero attached hydrogens (tertiary/aromatic N) is 1. The summed E-state index contributed by atoms with van der Waals surface area (Å²) in [5.74, 6) is 0. The molecule has 10 aromatic rings. The van der Waals surface area contributed by atoms with Crippen molar-refractivity contribution >= 4 is 75.8 Å². The smallest absolute Gasteiger partial charge is 0.136 e. The molecule has 3 heteroatoms. The van der Waals surface area contributed by atoms with Crippen LogP contribution in [0.5, 0.6) is 0 Å². The van der Waals surface area contributed by atoms with Crippen LogP contribution in [0.2, 0.25) is 0 Å². The van der Waals surface area contributed by atoms with Crippen LogP contribution in [0.4, 0.5) is 0 Å². The van der Waals surface area contributed by atoms with Crippen molar-refractivity contribution in [1.29, 1.82) is 0 Å². The van der Waals surface area contributed by atoms with Gasteiger partial charge in [0.1, 0.15) is 16.2 Å². The Morgan fingerprint density at radius 3 is 2.17 bits per heavy atom. The highest BCUT2D eigenvalue weighted by Gasteiger charge is 2.25. The van der Waals surface area contributed by atoms with Crippen LogP contribution in [0.3, 0.4) is 0 Å². The number of para-hydroxylation sites is 1. The lowest BCUT2D eigenvalue weighted by molar-refractivity contribution is 0.669. The summed E-state index contributed by atoms with van der Waals surface area (Å²) in [5.41, 5.74) is 11.6. The second kappa shape index (κ2) is 8.91. The second-order valence-corrected chi connectivity index (χ2v) is 13.3. The van der Waals surface area contributed by atoms with Gasteiger partial charge < -0.3 is 4.42 Å². The Morgan fingerprint density at radius 1 is 0.435 bits per heavy atom. The highest BCUT2D eigenvalue weighted by molar-refractivity contribution is 7.22. The minimum absolute atomic E-state index is 0.935. The first-order valence-corrected chi connectivity index (χ1v) is 16.4. The minimum Gasteiger partial charge on any atom is -0.456 e. The number of furan rings is 1. The molecule has 0 spiro atoms. The normalized spacial score (nSPS) is 12.3. The van der Waals surface area contributed by atoms with E-state index in [1.54, 1.807) is 11.3 Å². The quantitative estimate of drug-likeness (QED) is 0.184. The second-order valence-electron chi connectivity index (χ2n) is 12.3. The van der Waals surface area contributed by atoms with Crippen LogP contribution in [0, 0.1) is 0 Å². The van der Waals surface area contributed by atoms with Crippen molar-refractivity contribution in [2.24, 2.45) is 0 Å². The van der Waals surface area contributed by atoms with E-state index in [1.165, 1.54) is 81.2 Å². The Hall–Kier alpha value is -5.77. The molecule has 0 radical (unpaired) electrons. The number of rotatable bonds is 2. The highest BCUT2D eigenvalue weighted by atomic mass is 32.1. The lowest BCUT2D eigenvalue weighted by Gasteiger charge is -2.10. The lowest BCUT2D eigenvalue weighted by Crippen LogP contribution is -1.84. The van der Waals surface area contributed by atoms with Gasteiger partial charge in [0.25, 0.3) is 0 Å². The Bertz CT molecular complexity index is 2910. The standard InChI is InChI=1S/C43H23NOS/c1-2-7-26(8-3-1)43-44-36-20-18-25-15-13-24-14-16-27(21-33(24)39(25)42(36)46-43)28-17-19-29-30-10-6-11-32-40(30)35(34(29)22-28)23-38-41(32)31-9-4-5-12-37(31)45-38/h1-23H. The SMILES string of the molecule is c1ccc(-c2nc3ccc4ccc5ccc(-c6ccc7c(c6)-c6cc8oc9ccccc9c8c8cccc-7c68)cc5c4c3s2)cc1. The third kappa shape index (κ3) is 3.27. The Kier molecular flexibility index (Phi) is 4.75. The first-order chi connectivity index (χ1) is 22.8. The van der Waals surface area contributed by atoms with E-state index < -0.39 is 0 Å². The van der Waals surface area contributed by atoms with Crippen molar-refractivity contribution in [3.05, 3.63) is 140 Å². The topological polar surface area (TPSA) is 26.0 Å². The van der Waals surface area contributed by atoms with Gasteiger partial charge in [-0.15, -0.1) is 11.3 Å². The number of thiazole rings is 1. The molecule has 0 saturated heterocycles. The van der Waals surface area contributed by atoms with Gasteiger partial charge in [0.15, 0.2) is 0 Å². The molecule has 0 aliphatic heterocycles. The molecule has 212 valence electrons. The molecule has 0 fully saturated rings. The molecule has 0 amide bonds. The molecule has 2 aromatic heterocycles. The molecule has 0 saturated carbocycles. The Balaban J connectivity index is 1.12. The van der Waals surface area contributed by atoms with Crippen LogP contribution < -0.4 is 0 Å². The molecule has 8 aromatic carbocycles. The average Bonchev–Trinajstić information content (AvgIpc) is 3.81. The van der Waals surface area contributed by atoms with Gasteiger partial charge in [0.05, 0.1) is 10.2 Å². The molecule has 2 nitrogen and oxygen atoms in total. The Labute approximate surface area is 267 Å². The van der Waals surface area contributed by atoms with Gasteiger partial charge in [-0.1, -0.05) is 109 Å². The van der Waals surface area contributed by atoms with E-state index in [2.05, 4.69) is 133 Å². The molecule has 0 atom stereocenters. The Morgan fingerprint density at radius 2 is 1.22 bits per heavy atom. The van der Waals surface area contributed by atoms with Crippen molar-refractivity contribution in [2.75, 3.05) is 0 Å². The monoisotopic (exact) mass is 601 g/mol. The largest absolute Gasteiger partial charge is 0.456 e. The van der Waals surface area contributed by atoms with E-state index in [1.807, 2.05) is 6.07 Å². The van der Waals surface area contributed by atoms with Crippen LogP contribution in [0.1, 0.15) is 0 Å². The predicted molar refractivity (Wildman–Crippen MR) is 195 cm³/mol. The molecule has 0 N–H and O–H groups in total. The average molecular weight is 602 g/mol. The minimum atomic E-state index is 0.935. The van der Waals surface area contributed by atoms with E-state index in [0.29, 0.717) is 0 Å². The number of hydrogen-bond acceptors (Lipinski definition) is 3. The summed E-state index contributed by atoms with van der Waals surface area (Å²) in [7, 11) is 0. The first kappa shape index (κ1) is 24.5. The van der Waals surface area contributed by atoms with Crippen molar-refractivity contribution in [1.82, 2.24) is 4.98 Å². The first-order valence-electron chi connectivity index (χ1n) is 15.6. The predicted octanol–water partition coefficient (Wildman–Crippen LogP) is 12.6. The molecule has 0 unspecified atom stereocenters. The number of fused-ring (bicyclic) bond motifs is 12. The van der Waals surface area contributed by atoms with E-state index in [4.69, 9.17) is 9.40 Å². The molecular weight excluding hydrogens is 579 g/mol. The highest BCUT2D eigenvalue weighted by Crippen LogP contribution is 2.52. The summed E-state index contributed by atoms with van der Waals surface area (Å²) in [4.78, 5) is 5.04. The molecular formula is C43H23NOS. The maximum atomic E-state index is 6.41. The number of benzene rings is 8. The van der Waals surface area contributed by atoms with E-state index in [0.717, 1.165) is 27.3 Å². The van der Waals surface area contributed by atoms with Crippen molar-refractivity contribution in [2.45, 2.75) is 0 Å². The fraction of sp³-hybridized carbons (Fsp3) is 0. The maximum absolute atomic E-state index is 6.41. The van der Waals surface area contributed by atoms with Gasteiger partial charge >= 0.3 is 0 Å². The van der Waals surface area contributed by atoms with Crippen molar-refractivity contribution in [3.8, 4) is 44.0 Å². The van der Waals surface area contributed by atoms with E-state index >= 15 is 0 Å². The summed E-state index contributed by atoms with van der Waals surface area (Å²) in [6, 6.07) is 50.5. The van der Waals surface area contributed by atoms with E-state index in [-0.39, 0.29) is 0 Å². The van der Waals surface area contributed by atoms with Crippen LogP contribution >= 0.6 is 11.3 Å². The maximum Gasteiger partial charge on any atom is 0.136 e. The third-order valence-electron chi connectivity index (χ3n) is 9.81. The zero-order chi connectivity index (χ0) is 29.9. The summed E-state index contributed by atoms with van der Waals surface area (Å²) in [6.45, 7) is 0. The summed E-state index contributed by atoms with van der Waals surface area (Å²) in [6.07, 6.45) is 0. The summed E-state index contributed by atoms with van der Waals surface area (Å²) >= 11 is 1.78. The molecule has 1 aliphatic rings. The number of hydrogen-bond donors (Lipinski definition) is 0. The third-order valence-corrected chi connectivity index (χ3v) is 10.9. The zero-order valence-electron chi connectivity index (χ0n) is 24.5. The zero-order valence-corrected chi connectivity index (χ0v) is 25.4. The van der Waals surface area contributed by atoms with Crippen molar-refractivity contribution < 1.29 is 4.42 Å². The van der Waals surface area contributed by atoms with E-state index in [9.17, 15) is 0 Å². The molecule has 1 aliphatic carbocycles.